The first-order valence-corrected chi connectivity index (χ1v) is 11.8. The minimum Gasteiger partial charge on any atom is -0.494 e. The molecule has 0 saturated carbocycles. The topological polar surface area (TPSA) is 93.9 Å². The van der Waals surface area contributed by atoms with Gasteiger partial charge >= 0.3 is 0 Å². The van der Waals surface area contributed by atoms with Crippen molar-refractivity contribution in [3.8, 4) is 5.75 Å². The lowest BCUT2D eigenvalue weighted by atomic mass is 10.1. The molecule has 0 unspecified atom stereocenters. The third kappa shape index (κ3) is 5.15. The van der Waals surface area contributed by atoms with Crippen molar-refractivity contribution in [1.29, 1.82) is 0 Å². The first-order chi connectivity index (χ1) is 16.6. The molecule has 7 nitrogen and oxygen atoms in total. The number of nitrogen functional groups attached to an aromatic ring is 1. The van der Waals surface area contributed by atoms with Crippen molar-refractivity contribution in [3.63, 3.8) is 0 Å². The van der Waals surface area contributed by atoms with E-state index in [1.54, 1.807) is 30.3 Å². The molecule has 34 heavy (non-hydrogen) atoms. The van der Waals surface area contributed by atoms with Crippen molar-refractivity contribution in [3.05, 3.63) is 91.0 Å². The molecule has 7 heteroatoms. The second-order valence-corrected chi connectivity index (χ2v) is 8.23. The number of benzene rings is 1. The van der Waals surface area contributed by atoms with Crippen molar-refractivity contribution in [2.24, 2.45) is 0 Å². The Labute approximate surface area is 198 Å². The fraction of sp³-hybridized carbons (Fsp3) is 0.333. The third-order valence-electron chi connectivity index (χ3n) is 6.03. The molecule has 3 aliphatic rings. The summed E-state index contributed by atoms with van der Waals surface area (Å²) < 4.78 is 11.4. The van der Waals surface area contributed by atoms with Crippen LogP contribution in [0.5, 0.6) is 5.75 Å². The molecule has 0 radical (unpaired) electrons. The Kier molecular flexibility index (Phi) is 7.65. The summed E-state index contributed by atoms with van der Waals surface area (Å²) in [6.45, 7) is 6.29. The van der Waals surface area contributed by atoms with Crippen LogP contribution in [0.15, 0.2) is 64.2 Å². The molecule has 1 saturated heterocycles. The SMILES string of the molecule is CCOc1cc(N2CCOCC2)ccc1CCCNc1c(N)c(=O)c2ccccccc=2c1=O. The lowest BCUT2D eigenvalue weighted by molar-refractivity contribution is 0.122. The Balaban J connectivity index is 1.48. The molecule has 3 N–H and O–H groups in total. The van der Waals surface area contributed by atoms with Crippen molar-refractivity contribution >= 4 is 17.1 Å². The molecule has 1 aliphatic heterocycles. The monoisotopic (exact) mass is 461 g/mol. The number of rotatable bonds is 8. The van der Waals surface area contributed by atoms with Crippen molar-refractivity contribution in [2.45, 2.75) is 19.8 Å². The highest BCUT2D eigenvalue weighted by molar-refractivity contribution is 5.66. The highest BCUT2D eigenvalue weighted by Gasteiger charge is 2.15. The van der Waals surface area contributed by atoms with Crippen LogP contribution in [-0.2, 0) is 11.2 Å². The van der Waals surface area contributed by atoms with Crippen LogP contribution >= 0.6 is 0 Å². The minimum absolute atomic E-state index is 0.0313. The number of hydrogen-bond donors (Lipinski definition) is 2. The first-order valence-electron chi connectivity index (χ1n) is 11.8. The van der Waals surface area contributed by atoms with E-state index in [1.165, 1.54) is 0 Å². The number of nitrogens with zero attached hydrogens (tertiary/aromatic N) is 1. The number of hydrogen-bond acceptors (Lipinski definition) is 7. The third-order valence-corrected chi connectivity index (χ3v) is 6.03. The molecule has 1 fully saturated rings. The van der Waals surface area contributed by atoms with E-state index < -0.39 is 0 Å². The van der Waals surface area contributed by atoms with Gasteiger partial charge in [0.1, 0.15) is 17.1 Å². The zero-order chi connectivity index (χ0) is 23.9. The number of morpholine rings is 1. The quantitative estimate of drug-likeness (QED) is 0.498. The molecule has 0 bridgehead atoms. The van der Waals surface area contributed by atoms with E-state index in [0.717, 1.165) is 56.1 Å². The molecule has 178 valence electrons. The van der Waals surface area contributed by atoms with Crippen molar-refractivity contribution in [2.75, 3.05) is 55.4 Å². The number of aryl methyl sites for hydroxylation is 1. The number of nitrogens with one attached hydrogen (secondary N) is 1. The zero-order valence-corrected chi connectivity index (χ0v) is 19.5. The molecule has 0 amide bonds. The smallest absolute Gasteiger partial charge is 0.211 e. The molecule has 1 aromatic rings. The van der Waals surface area contributed by atoms with Crippen LogP contribution in [0.4, 0.5) is 17.1 Å². The summed E-state index contributed by atoms with van der Waals surface area (Å²) in [4.78, 5) is 28.1. The zero-order valence-electron chi connectivity index (χ0n) is 19.5. The second-order valence-electron chi connectivity index (χ2n) is 8.23. The maximum atomic E-state index is 13.0. The molecule has 2 aliphatic carbocycles. The van der Waals surface area contributed by atoms with Gasteiger partial charge < -0.3 is 25.4 Å². The lowest BCUT2D eigenvalue weighted by Gasteiger charge is -2.29. The second kappa shape index (κ2) is 11.0. The fourth-order valence-electron chi connectivity index (χ4n) is 4.25. The Morgan fingerprint density at radius 3 is 2.41 bits per heavy atom. The molecule has 0 spiro atoms. The Hall–Kier alpha value is -3.58. The van der Waals surface area contributed by atoms with Crippen LogP contribution in [-0.4, -0.2) is 39.5 Å². The van der Waals surface area contributed by atoms with Crippen LogP contribution < -0.4 is 31.5 Å². The molecule has 4 rings (SSSR count). The fourth-order valence-corrected chi connectivity index (χ4v) is 4.25. The average molecular weight is 462 g/mol. The average Bonchev–Trinajstić information content (AvgIpc) is 2.83. The summed E-state index contributed by atoms with van der Waals surface area (Å²) in [5, 5.41) is 3.81. The van der Waals surface area contributed by atoms with Gasteiger partial charge in [-0.25, -0.2) is 0 Å². The highest BCUT2D eigenvalue weighted by Crippen LogP contribution is 2.27. The predicted octanol–water partition coefficient (Wildman–Crippen LogP) is 2.99. The summed E-state index contributed by atoms with van der Waals surface area (Å²) >= 11 is 0. The van der Waals surface area contributed by atoms with E-state index in [-0.39, 0.29) is 22.2 Å². The van der Waals surface area contributed by atoms with Crippen LogP contribution in [0.2, 0.25) is 0 Å². The van der Waals surface area contributed by atoms with Crippen molar-refractivity contribution < 1.29 is 9.47 Å². The van der Waals surface area contributed by atoms with Gasteiger partial charge in [0.25, 0.3) is 0 Å². The van der Waals surface area contributed by atoms with Crippen LogP contribution in [0.1, 0.15) is 18.9 Å². The Morgan fingerprint density at radius 1 is 1.00 bits per heavy atom. The van der Waals surface area contributed by atoms with Gasteiger partial charge in [0.05, 0.1) is 19.8 Å². The van der Waals surface area contributed by atoms with Gasteiger partial charge in [-0.05, 0) is 31.4 Å². The predicted molar refractivity (Wildman–Crippen MR) is 136 cm³/mol. The van der Waals surface area contributed by atoms with Gasteiger partial charge in [0, 0.05) is 41.8 Å². The first kappa shape index (κ1) is 23.6. The van der Waals surface area contributed by atoms with Crippen LogP contribution in [0.3, 0.4) is 0 Å². The summed E-state index contributed by atoms with van der Waals surface area (Å²) in [5.74, 6) is 0.878. The molecule has 1 aromatic carbocycles. The normalized spacial score (nSPS) is 13.6. The van der Waals surface area contributed by atoms with Crippen LogP contribution in [0, 0.1) is 10.4 Å². The minimum atomic E-state index is -0.328. The van der Waals surface area contributed by atoms with Crippen molar-refractivity contribution in [1.82, 2.24) is 0 Å². The van der Waals surface area contributed by atoms with E-state index in [0.29, 0.717) is 23.6 Å². The molecule has 0 atom stereocenters. The highest BCUT2D eigenvalue weighted by atomic mass is 16.5. The summed E-state index contributed by atoms with van der Waals surface area (Å²) in [6, 6.07) is 16.7. The number of anilines is 3. The maximum Gasteiger partial charge on any atom is 0.211 e. The molecule has 1 heterocycles. The molecule has 0 aromatic heterocycles. The van der Waals surface area contributed by atoms with E-state index in [1.807, 2.05) is 13.0 Å². The maximum absolute atomic E-state index is 13.0. The lowest BCUT2D eigenvalue weighted by Crippen LogP contribution is -2.36. The molecular formula is C27H31N3O4. The number of ether oxygens (including phenoxy) is 2. The Morgan fingerprint density at radius 2 is 1.71 bits per heavy atom. The van der Waals surface area contributed by atoms with Crippen LogP contribution in [0.25, 0.3) is 0 Å². The van der Waals surface area contributed by atoms with Gasteiger partial charge in [-0.3, -0.25) is 9.59 Å². The van der Waals surface area contributed by atoms with E-state index in [9.17, 15) is 9.59 Å². The summed E-state index contributed by atoms with van der Waals surface area (Å²) in [5.41, 5.74) is 7.87. The van der Waals surface area contributed by atoms with E-state index >= 15 is 0 Å². The van der Waals surface area contributed by atoms with Gasteiger partial charge in [0.15, 0.2) is 0 Å². The summed E-state index contributed by atoms with van der Waals surface area (Å²) in [7, 11) is 0. The largest absolute Gasteiger partial charge is 0.494 e. The van der Waals surface area contributed by atoms with Gasteiger partial charge in [-0.1, -0.05) is 42.5 Å². The Bertz CT molecular complexity index is 1320. The van der Waals surface area contributed by atoms with E-state index in [4.69, 9.17) is 15.2 Å². The molecular weight excluding hydrogens is 430 g/mol. The summed E-state index contributed by atoms with van der Waals surface area (Å²) in [6.07, 6.45) is 1.52. The number of nitrogens with two attached hydrogens (primary N) is 1. The van der Waals surface area contributed by atoms with E-state index in [2.05, 4.69) is 28.4 Å². The van der Waals surface area contributed by atoms with Gasteiger partial charge in [0.2, 0.25) is 10.9 Å². The van der Waals surface area contributed by atoms with Gasteiger partial charge in [-0.2, -0.15) is 0 Å². The van der Waals surface area contributed by atoms with Gasteiger partial charge in [-0.15, -0.1) is 0 Å². The standard InChI is InChI=1S/C27H31N3O4/c1-2-34-23-18-20(30-14-16-33-17-15-30)12-11-19(23)8-7-13-29-25-24(28)26(31)21-9-5-3-4-6-10-22(21)27(25)32/h3-6,9-12,18,29H,2,7-8,13-17,28H2,1H3.